The summed E-state index contributed by atoms with van der Waals surface area (Å²) < 4.78 is 5.43. The van der Waals surface area contributed by atoms with Gasteiger partial charge in [0.25, 0.3) is 0 Å². The highest BCUT2D eigenvalue weighted by atomic mass is 16.5. The summed E-state index contributed by atoms with van der Waals surface area (Å²) in [5, 5.41) is 8.55. The minimum absolute atomic E-state index is 0.652. The number of rotatable bonds is 9. The van der Waals surface area contributed by atoms with E-state index in [0.29, 0.717) is 13.0 Å². The van der Waals surface area contributed by atoms with Crippen LogP contribution >= 0.6 is 0 Å². The Labute approximate surface area is 116 Å². The van der Waals surface area contributed by atoms with Crippen LogP contribution < -0.4 is 4.74 Å². The van der Waals surface area contributed by atoms with Crippen LogP contribution in [0.25, 0.3) is 0 Å². The highest BCUT2D eigenvalue weighted by Crippen LogP contribution is 2.12. The fourth-order valence-corrected chi connectivity index (χ4v) is 2.02. The zero-order valence-electron chi connectivity index (χ0n) is 12.1. The molecule has 0 aliphatic carbocycles. The molecule has 19 heavy (non-hydrogen) atoms. The second-order valence-electron chi connectivity index (χ2n) is 4.52. The van der Waals surface area contributed by atoms with Crippen molar-refractivity contribution >= 4 is 0 Å². The number of ether oxygens (including phenoxy) is 1. The average Bonchev–Trinajstić information content (AvgIpc) is 2.44. The standard InChI is InChI=1S/C16H24N2O/c1-3-18(13-6-5-12-17)14-11-15-7-9-16(10-8-15)19-4-2/h7-10H,3-6,11,13-14H2,1-2H3. The molecule has 0 aliphatic heterocycles. The van der Waals surface area contributed by atoms with E-state index in [0.717, 1.165) is 38.2 Å². The Hall–Kier alpha value is -1.53. The summed E-state index contributed by atoms with van der Waals surface area (Å²) in [6, 6.07) is 10.5. The monoisotopic (exact) mass is 260 g/mol. The Kier molecular flexibility index (Phi) is 7.69. The fourth-order valence-electron chi connectivity index (χ4n) is 2.02. The van der Waals surface area contributed by atoms with Crippen LogP contribution in [0.5, 0.6) is 5.75 Å². The van der Waals surface area contributed by atoms with E-state index < -0.39 is 0 Å². The highest BCUT2D eigenvalue weighted by molar-refractivity contribution is 5.27. The lowest BCUT2D eigenvalue weighted by Gasteiger charge is -2.19. The summed E-state index contributed by atoms with van der Waals surface area (Å²) in [6.45, 7) is 7.99. The van der Waals surface area contributed by atoms with E-state index in [9.17, 15) is 0 Å². The zero-order chi connectivity index (χ0) is 13.9. The summed E-state index contributed by atoms with van der Waals surface area (Å²) >= 11 is 0. The van der Waals surface area contributed by atoms with E-state index >= 15 is 0 Å². The number of nitrogens with zero attached hydrogens (tertiary/aromatic N) is 2. The van der Waals surface area contributed by atoms with Gasteiger partial charge in [0.05, 0.1) is 12.7 Å². The van der Waals surface area contributed by atoms with Gasteiger partial charge in [0.15, 0.2) is 0 Å². The van der Waals surface area contributed by atoms with Gasteiger partial charge < -0.3 is 9.64 Å². The first-order chi connectivity index (χ1) is 9.30. The molecular weight excluding hydrogens is 236 g/mol. The van der Waals surface area contributed by atoms with Crippen LogP contribution in [0.3, 0.4) is 0 Å². The van der Waals surface area contributed by atoms with Crippen molar-refractivity contribution in [3.8, 4) is 11.8 Å². The first-order valence-corrected chi connectivity index (χ1v) is 7.11. The van der Waals surface area contributed by atoms with Crippen LogP contribution in [-0.4, -0.2) is 31.1 Å². The summed E-state index contributed by atoms with van der Waals surface area (Å²) in [7, 11) is 0. The summed E-state index contributed by atoms with van der Waals surface area (Å²) in [5.74, 6) is 0.938. The molecule has 0 amide bonds. The van der Waals surface area contributed by atoms with E-state index in [1.165, 1.54) is 5.56 Å². The molecule has 0 aliphatic rings. The fraction of sp³-hybridized carbons (Fsp3) is 0.562. The molecule has 0 bridgehead atoms. The van der Waals surface area contributed by atoms with Crippen molar-refractivity contribution in [2.75, 3.05) is 26.2 Å². The van der Waals surface area contributed by atoms with Crippen LogP contribution in [0.2, 0.25) is 0 Å². The molecule has 0 unspecified atom stereocenters. The lowest BCUT2D eigenvalue weighted by atomic mass is 10.1. The maximum absolute atomic E-state index is 8.55. The molecule has 104 valence electrons. The first kappa shape index (κ1) is 15.5. The molecule has 0 N–H and O–H groups in total. The molecule has 0 aromatic heterocycles. The second kappa shape index (κ2) is 9.41. The topological polar surface area (TPSA) is 36.3 Å². The molecule has 0 saturated carbocycles. The van der Waals surface area contributed by atoms with Crippen LogP contribution in [0.1, 0.15) is 32.3 Å². The van der Waals surface area contributed by atoms with Crippen LogP contribution in [0.4, 0.5) is 0 Å². The van der Waals surface area contributed by atoms with Crippen LogP contribution in [0.15, 0.2) is 24.3 Å². The van der Waals surface area contributed by atoms with Crippen molar-refractivity contribution in [2.24, 2.45) is 0 Å². The Morgan fingerprint density at radius 2 is 1.89 bits per heavy atom. The van der Waals surface area contributed by atoms with E-state index in [4.69, 9.17) is 10.00 Å². The van der Waals surface area contributed by atoms with Gasteiger partial charge in [-0.15, -0.1) is 0 Å². The maximum Gasteiger partial charge on any atom is 0.119 e. The van der Waals surface area contributed by atoms with E-state index in [2.05, 4.69) is 30.0 Å². The Bertz CT molecular complexity index is 381. The van der Waals surface area contributed by atoms with E-state index in [1.54, 1.807) is 0 Å². The molecule has 0 atom stereocenters. The Morgan fingerprint density at radius 1 is 1.16 bits per heavy atom. The normalized spacial score (nSPS) is 10.4. The molecule has 1 aromatic carbocycles. The molecule has 3 nitrogen and oxygen atoms in total. The lowest BCUT2D eigenvalue weighted by Crippen LogP contribution is -2.26. The molecule has 1 aromatic rings. The van der Waals surface area contributed by atoms with Gasteiger partial charge in [0, 0.05) is 13.0 Å². The molecule has 0 heterocycles. The van der Waals surface area contributed by atoms with Crippen molar-refractivity contribution in [2.45, 2.75) is 33.1 Å². The maximum atomic E-state index is 8.55. The van der Waals surface area contributed by atoms with Gasteiger partial charge in [0.1, 0.15) is 5.75 Å². The van der Waals surface area contributed by atoms with E-state index in [1.807, 2.05) is 19.1 Å². The molecule has 1 rings (SSSR count). The van der Waals surface area contributed by atoms with Crippen LogP contribution in [-0.2, 0) is 6.42 Å². The van der Waals surface area contributed by atoms with Gasteiger partial charge in [-0.1, -0.05) is 19.1 Å². The van der Waals surface area contributed by atoms with Gasteiger partial charge >= 0.3 is 0 Å². The third-order valence-corrected chi connectivity index (χ3v) is 3.16. The Morgan fingerprint density at radius 3 is 2.47 bits per heavy atom. The van der Waals surface area contributed by atoms with Gasteiger partial charge in [-0.2, -0.15) is 5.26 Å². The number of benzene rings is 1. The molecule has 0 spiro atoms. The highest BCUT2D eigenvalue weighted by Gasteiger charge is 2.03. The van der Waals surface area contributed by atoms with Crippen molar-refractivity contribution in [1.29, 1.82) is 5.26 Å². The van der Waals surface area contributed by atoms with Gasteiger partial charge in [-0.25, -0.2) is 0 Å². The number of unbranched alkanes of at least 4 members (excludes halogenated alkanes) is 1. The summed E-state index contributed by atoms with van der Waals surface area (Å²) in [6.07, 6.45) is 2.67. The van der Waals surface area contributed by atoms with Gasteiger partial charge in [-0.3, -0.25) is 0 Å². The molecular formula is C16H24N2O. The number of hydrogen-bond donors (Lipinski definition) is 0. The number of nitriles is 1. The van der Waals surface area contributed by atoms with Crippen molar-refractivity contribution in [3.63, 3.8) is 0 Å². The third-order valence-electron chi connectivity index (χ3n) is 3.16. The predicted molar refractivity (Wildman–Crippen MR) is 78.3 cm³/mol. The van der Waals surface area contributed by atoms with Gasteiger partial charge in [-0.05, 0) is 50.6 Å². The SMILES string of the molecule is CCOc1ccc(CCN(CC)CCCC#N)cc1. The largest absolute Gasteiger partial charge is 0.494 e. The number of likely N-dealkylation sites (N-methyl/N-ethyl adjacent to an activating group) is 1. The third kappa shape index (κ3) is 6.26. The summed E-state index contributed by atoms with van der Waals surface area (Å²) in [4.78, 5) is 2.40. The predicted octanol–water partition coefficient (Wildman–Crippen LogP) is 3.25. The molecule has 0 saturated heterocycles. The average molecular weight is 260 g/mol. The molecule has 0 fully saturated rings. The molecule has 0 radical (unpaired) electrons. The van der Waals surface area contributed by atoms with E-state index in [-0.39, 0.29) is 0 Å². The van der Waals surface area contributed by atoms with Crippen LogP contribution in [0, 0.1) is 11.3 Å². The lowest BCUT2D eigenvalue weighted by molar-refractivity contribution is 0.289. The minimum Gasteiger partial charge on any atom is -0.494 e. The van der Waals surface area contributed by atoms with Crippen molar-refractivity contribution < 1.29 is 4.74 Å². The molecule has 3 heteroatoms. The van der Waals surface area contributed by atoms with Crippen molar-refractivity contribution in [1.82, 2.24) is 4.90 Å². The van der Waals surface area contributed by atoms with Gasteiger partial charge in [0.2, 0.25) is 0 Å². The second-order valence-corrected chi connectivity index (χ2v) is 4.52. The quantitative estimate of drug-likeness (QED) is 0.639. The Balaban J connectivity index is 2.35. The zero-order valence-corrected chi connectivity index (χ0v) is 12.1. The first-order valence-electron chi connectivity index (χ1n) is 7.11. The minimum atomic E-state index is 0.652. The smallest absolute Gasteiger partial charge is 0.119 e. The summed E-state index contributed by atoms with van der Waals surface area (Å²) in [5.41, 5.74) is 1.34. The number of hydrogen-bond acceptors (Lipinski definition) is 3. The van der Waals surface area contributed by atoms with Crippen molar-refractivity contribution in [3.05, 3.63) is 29.8 Å².